The summed E-state index contributed by atoms with van der Waals surface area (Å²) in [6, 6.07) is 6.95. The van der Waals surface area contributed by atoms with E-state index in [0.29, 0.717) is 6.04 Å². The van der Waals surface area contributed by atoms with Crippen molar-refractivity contribution in [2.45, 2.75) is 37.0 Å². The minimum absolute atomic E-state index is 0.629. The number of rotatable bonds is 3. The first-order chi connectivity index (χ1) is 8.31. The van der Waals surface area contributed by atoms with Crippen molar-refractivity contribution >= 4 is 23.4 Å². The molecule has 1 nitrogen and oxygen atoms in total. The number of benzene rings is 1. The van der Waals surface area contributed by atoms with Gasteiger partial charge in [0, 0.05) is 22.9 Å². The van der Waals surface area contributed by atoms with E-state index in [-0.39, 0.29) is 0 Å². The van der Waals surface area contributed by atoms with Crippen LogP contribution in [0.25, 0.3) is 0 Å². The summed E-state index contributed by atoms with van der Waals surface area (Å²) < 4.78 is 0. The van der Waals surface area contributed by atoms with Crippen LogP contribution in [0.5, 0.6) is 0 Å². The Balaban J connectivity index is 1.55. The summed E-state index contributed by atoms with van der Waals surface area (Å²) in [6.07, 6.45) is 5.11. The smallest absolute Gasteiger partial charge is 0.0408 e. The van der Waals surface area contributed by atoms with Crippen molar-refractivity contribution in [3.63, 3.8) is 0 Å². The molecule has 1 aromatic rings. The molecule has 1 saturated heterocycles. The lowest BCUT2D eigenvalue weighted by Crippen LogP contribution is -2.34. The number of fused-ring (bicyclic) bond motifs is 1. The van der Waals surface area contributed by atoms with Gasteiger partial charge in [0.1, 0.15) is 0 Å². The summed E-state index contributed by atoms with van der Waals surface area (Å²) in [7, 11) is 0. The summed E-state index contributed by atoms with van der Waals surface area (Å²) >= 11 is 8.16. The number of nitrogens with one attached hydrogen (secondary N) is 1. The monoisotopic (exact) mass is 267 g/mol. The fourth-order valence-corrected chi connectivity index (χ4v) is 4.24. The van der Waals surface area contributed by atoms with Crippen LogP contribution in [0.4, 0.5) is 0 Å². The fraction of sp³-hybridized carbons (Fsp3) is 0.571. The standard InChI is InChI=1S/C14H18ClNS/c15-12-4-3-10-7-13(8-11(10)6-12)16-9-14-2-1-5-17-14/h3-4,6,13-14,16H,1-2,5,7-9H2. The minimum Gasteiger partial charge on any atom is -0.312 e. The van der Waals surface area contributed by atoms with E-state index in [1.54, 1.807) is 0 Å². The van der Waals surface area contributed by atoms with Crippen LogP contribution in [-0.4, -0.2) is 23.6 Å². The maximum absolute atomic E-state index is 6.03. The van der Waals surface area contributed by atoms with Crippen LogP contribution < -0.4 is 5.32 Å². The molecule has 92 valence electrons. The second kappa shape index (κ2) is 5.21. The van der Waals surface area contributed by atoms with Crippen LogP contribution in [0, 0.1) is 0 Å². The Labute approximate surface area is 112 Å². The zero-order chi connectivity index (χ0) is 11.7. The van der Waals surface area contributed by atoms with E-state index in [2.05, 4.69) is 29.2 Å². The van der Waals surface area contributed by atoms with Gasteiger partial charge in [-0.25, -0.2) is 0 Å². The molecule has 1 aliphatic carbocycles. The molecule has 0 spiro atoms. The first kappa shape index (κ1) is 11.9. The van der Waals surface area contributed by atoms with E-state index < -0.39 is 0 Å². The first-order valence-electron chi connectivity index (χ1n) is 6.43. The van der Waals surface area contributed by atoms with Gasteiger partial charge in [-0.2, -0.15) is 11.8 Å². The summed E-state index contributed by atoms with van der Waals surface area (Å²) in [5, 5.41) is 5.45. The summed E-state index contributed by atoms with van der Waals surface area (Å²) in [5.41, 5.74) is 2.92. The summed E-state index contributed by atoms with van der Waals surface area (Å²) in [6.45, 7) is 1.18. The van der Waals surface area contributed by atoms with Gasteiger partial charge in [-0.1, -0.05) is 17.7 Å². The number of thioether (sulfide) groups is 1. The van der Waals surface area contributed by atoms with Gasteiger partial charge in [0.25, 0.3) is 0 Å². The highest BCUT2D eigenvalue weighted by molar-refractivity contribution is 8.00. The molecule has 2 unspecified atom stereocenters. The van der Waals surface area contributed by atoms with Crippen molar-refractivity contribution in [3.8, 4) is 0 Å². The third kappa shape index (κ3) is 2.81. The Morgan fingerprint density at radius 1 is 1.29 bits per heavy atom. The van der Waals surface area contributed by atoms with Crippen molar-refractivity contribution in [3.05, 3.63) is 34.3 Å². The largest absolute Gasteiger partial charge is 0.312 e. The lowest BCUT2D eigenvalue weighted by atomic mass is 10.1. The molecule has 0 saturated carbocycles. The summed E-state index contributed by atoms with van der Waals surface area (Å²) in [4.78, 5) is 0. The van der Waals surface area contributed by atoms with Crippen LogP contribution in [0.3, 0.4) is 0 Å². The molecule has 2 aliphatic rings. The molecule has 1 aliphatic heterocycles. The molecule has 0 radical (unpaired) electrons. The zero-order valence-electron chi connectivity index (χ0n) is 9.92. The highest BCUT2D eigenvalue weighted by Gasteiger charge is 2.23. The molecule has 17 heavy (non-hydrogen) atoms. The molecule has 3 heteroatoms. The normalized spacial score (nSPS) is 27.4. The molecule has 0 amide bonds. The molecular weight excluding hydrogens is 250 g/mol. The molecule has 1 aromatic carbocycles. The molecule has 1 fully saturated rings. The second-order valence-electron chi connectivity index (χ2n) is 5.06. The van der Waals surface area contributed by atoms with E-state index in [1.165, 1.54) is 42.7 Å². The maximum atomic E-state index is 6.03. The minimum atomic E-state index is 0.629. The van der Waals surface area contributed by atoms with Gasteiger partial charge in [-0.3, -0.25) is 0 Å². The van der Waals surface area contributed by atoms with Gasteiger partial charge in [0.2, 0.25) is 0 Å². The number of halogens is 1. The molecule has 0 aromatic heterocycles. The number of hydrogen-bond acceptors (Lipinski definition) is 2. The van der Waals surface area contributed by atoms with Crippen molar-refractivity contribution < 1.29 is 0 Å². The van der Waals surface area contributed by atoms with Gasteiger partial charge < -0.3 is 5.32 Å². The predicted molar refractivity (Wildman–Crippen MR) is 76.1 cm³/mol. The van der Waals surface area contributed by atoms with Crippen LogP contribution in [0.2, 0.25) is 5.02 Å². The van der Waals surface area contributed by atoms with E-state index in [0.717, 1.165) is 16.7 Å². The highest BCUT2D eigenvalue weighted by Crippen LogP contribution is 2.28. The van der Waals surface area contributed by atoms with Crippen LogP contribution >= 0.6 is 23.4 Å². The van der Waals surface area contributed by atoms with Gasteiger partial charge in [-0.05, 0) is 54.7 Å². The van der Waals surface area contributed by atoms with E-state index in [9.17, 15) is 0 Å². The van der Waals surface area contributed by atoms with Crippen molar-refractivity contribution in [2.24, 2.45) is 0 Å². The zero-order valence-corrected chi connectivity index (χ0v) is 11.5. The SMILES string of the molecule is Clc1ccc2c(c1)CC(NCC1CCCS1)C2. The molecular formula is C14H18ClNS. The van der Waals surface area contributed by atoms with Crippen LogP contribution in [-0.2, 0) is 12.8 Å². The third-order valence-corrected chi connectivity index (χ3v) is 5.39. The Bertz CT molecular complexity index is 401. The number of hydrogen-bond donors (Lipinski definition) is 1. The topological polar surface area (TPSA) is 12.0 Å². The van der Waals surface area contributed by atoms with Gasteiger partial charge >= 0.3 is 0 Å². The van der Waals surface area contributed by atoms with E-state index >= 15 is 0 Å². The van der Waals surface area contributed by atoms with Gasteiger partial charge in [-0.15, -0.1) is 0 Å². The molecule has 3 rings (SSSR count). The lowest BCUT2D eigenvalue weighted by Gasteiger charge is -2.15. The van der Waals surface area contributed by atoms with Crippen LogP contribution in [0.1, 0.15) is 24.0 Å². The Morgan fingerprint density at radius 2 is 2.18 bits per heavy atom. The highest BCUT2D eigenvalue weighted by atomic mass is 35.5. The lowest BCUT2D eigenvalue weighted by molar-refractivity contribution is 0.524. The van der Waals surface area contributed by atoms with Crippen molar-refractivity contribution in [1.29, 1.82) is 0 Å². The average molecular weight is 268 g/mol. The molecule has 1 heterocycles. The third-order valence-electron chi connectivity index (χ3n) is 3.76. The average Bonchev–Trinajstić information content (AvgIpc) is 2.94. The van der Waals surface area contributed by atoms with Crippen molar-refractivity contribution in [2.75, 3.05) is 12.3 Å². The maximum Gasteiger partial charge on any atom is 0.0408 e. The summed E-state index contributed by atoms with van der Waals surface area (Å²) in [5.74, 6) is 1.35. The molecule has 1 N–H and O–H groups in total. The van der Waals surface area contributed by atoms with Gasteiger partial charge in [0.05, 0.1) is 0 Å². The fourth-order valence-electron chi connectivity index (χ4n) is 2.83. The quantitative estimate of drug-likeness (QED) is 0.902. The van der Waals surface area contributed by atoms with Crippen LogP contribution in [0.15, 0.2) is 18.2 Å². The van der Waals surface area contributed by atoms with E-state index in [1.807, 2.05) is 6.07 Å². The Kier molecular flexibility index (Phi) is 3.64. The Morgan fingerprint density at radius 3 is 3.00 bits per heavy atom. The first-order valence-corrected chi connectivity index (χ1v) is 7.86. The Hall–Kier alpha value is -0.180. The predicted octanol–water partition coefficient (Wildman–Crippen LogP) is 3.29. The molecule has 0 bridgehead atoms. The van der Waals surface area contributed by atoms with E-state index in [4.69, 9.17) is 11.6 Å². The molecule has 2 atom stereocenters. The van der Waals surface area contributed by atoms with Crippen molar-refractivity contribution in [1.82, 2.24) is 5.32 Å². The second-order valence-corrected chi connectivity index (χ2v) is 6.91. The van der Waals surface area contributed by atoms with Gasteiger partial charge in [0.15, 0.2) is 0 Å².